The lowest BCUT2D eigenvalue weighted by Gasteiger charge is -2.27. The van der Waals surface area contributed by atoms with Gasteiger partial charge in [0, 0.05) is 24.7 Å². The Kier molecular flexibility index (Phi) is 6.96. The van der Waals surface area contributed by atoms with E-state index in [0.29, 0.717) is 29.1 Å². The number of amides is 2. The Bertz CT molecular complexity index is 1260. The topological polar surface area (TPSA) is 95.9 Å². The van der Waals surface area contributed by atoms with E-state index < -0.39 is 17.7 Å². The lowest BCUT2D eigenvalue weighted by molar-refractivity contribution is -0.118. The third kappa shape index (κ3) is 5.09. The van der Waals surface area contributed by atoms with Crippen molar-refractivity contribution in [3.8, 4) is 5.75 Å². The number of carbonyl (C=O) groups excluding carboxylic acids is 3. The van der Waals surface area contributed by atoms with Crippen LogP contribution in [0.4, 0.5) is 11.4 Å². The minimum atomic E-state index is -0.803. The SMILES string of the molecule is COc1ccc(C2C(C(=O)CCc3ccccc3)=C(O)C(=O)N2c2ccc(NC(C)=O)cc2)cc1. The van der Waals surface area contributed by atoms with E-state index in [-0.39, 0.29) is 23.7 Å². The first kappa shape index (κ1) is 23.8. The van der Waals surface area contributed by atoms with E-state index in [1.807, 2.05) is 30.3 Å². The van der Waals surface area contributed by atoms with Crippen LogP contribution >= 0.6 is 0 Å². The summed E-state index contributed by atoms with van der Waals surface area (Å²) in [6, 6.07) is 22.5. The summed E-state index contributed by atoms with van der Waals surface area (Å²) in [5.41, 5.74) is 2.79. The van der Waals surface area contributed by atoms with Gasteiger partial charge in [-0.1, -0.05) is 42.5 Å². The highest BCUT2D eigenvalue weighted by atomic mass is 16.5. The minimum Gasteiger partial charge on any atom is -0.503 e. The van der Waals surface area contributed by atoms with Gasteiger partial charge in [0.25, 0.3) is 5.91 Å². The largest absolute Gasteiger partial charge is 0.503 e. The molecule has 1 atom stereocenters. The second-order valence-corrected chi connectivity index (χ2v) is 8.25. The molecule has 1 unspecified atom stereocenters. The summed E-state index contributed by atoms with van der Waals surface area (Å²) in [4.78, 5) is 39.4. The summed E-state index contributed by atoms with van der Waals surface area (Å²) in [5, 5.41) is 13.5. The summed E-state index contributed by atoms with van der Waals surface area (Å²) in [5.74, 6) is -1.07. The van der Waals surface area contributed by atoms with Crippen LogP contribution in [0.15, 0.2) is 90.2 Å². The minimum absolute atomic E-state index is 0.0713. The Labute approximate surface area is 203 Å². The summed E-state index contributed by atoms with van der Waals surface area (Å²) in [6.45, 7) is 1.41. The van der Waals surface area contributed by atoms with Crippen molar-refractivity contribution >= 4 is 29.0 Å². The highest BCUT2D eigenvalue weighted by Gasteiger charge is 2.44. The standard InChI is InChI=1S/C28H26N2O5/c1-18(31)29-21-11-13-22(14-12-21)30-26(20-9-15-23(35-2)16-10-20)25(27(33)28(30)34)24(32)17-8-19-6-4-3-5-7-19/h3-7,9-16,26,33H,8,17H2,1-2H3,(H,29,31). The van der Waals surface area contributed by atoms with E-state index in [0.717, 1.165) is 5.56 Å². The van der Waals surface area contributed by atoms with Crippen LogP contribution in [0.5, 0.6) is 5.75 Å². The lowest BCUT2D eigenvalue weighted by atomic mass is 9.93. The molecule has 7 nitrogen and oxygen atoms in total. The van der Waals surface area contributed by atoms with Crippen LogP contribution in [-0.2, 0) is 20.8 Å². The highest BCUT2D eigenvalue weighted by Crippen LogP contribution is 2.42. The number of aliphatic hydroxyl groups is 1. The number of nitrogens with one attached hydrogen (secondary N) is 1. The number of Topliss-reactive ketones (excluding diaryl/α,β-unsaturated/α-hetero) is 1. The van der Waals surface area contributed by atoms with Crippen LogP contribution in [0.3, 0.4) is 0 Å². The Hall–Kier alpha value is -4.39. The van der Waals surface area contributed by atoms with Gasteiger partial charge < -0.3 is 15.2 Å². The second-order valence-electron chi connectivity index (χ2n) is 8.25. The van der Waals surface area contributed by atoms with Crippen LogP contribution in [-0.4, -0.2) is 29.8 Å². The molecular weight excluding hydrogens is 444 g/mol. The zero-order valence-electron chi connectivity index (χ0n) is 19.5. The molecule has 35 heavy (non-hydrogen) atoms. The number of hydrogen-bond donors (Lipinski definition) is 2. The van der Waals surface area contributed by atoms with E-state index in [1.165, 1.54) is 11.8 Å². The Morgan fingerprint density at radius 2 is 1.63 bits per heavy atom. The molecule has 0 saturated heterocycles. The number of ether oxygens (including phenoxy) is 1. The van der Waals surface area contributed by atoms with Gasteiger partial charge in [0.2, 0.25) is 5.91 Å². The monoisotopic (exact) mass is 470 g/mol. The number of methoxy groups -OCH3 is 1. The average molecular weight is 471 g/mol. The van der Waals surface area contributed by atoms with Gasteiger partial charge in [0.15, 0.2) is 11.5 Å². The maximum Gasteiger partial charge on any atom is 0.294 e. The quantitative estimate of drug-likeness (QED) is 0.495. The molecule has 0 aliphatic carbocycles. The maximum atomic E-state index is 13.4. The average Bonchev–Trinajstić information content (AvgIpc) is 3.14. The van der Waals surface area contributed by atoms with Crippen LogP contribution in [0.25, 0.3) is 0 Å². The molecule has 0 aromatic heterocycles. The second kappa shape index (κ2) is 10.3. The molecule has 0 radical (unpaired) electrons. The van der Waals surface area contributed by atoms with Crippen LogP contribution in [0, 0.1) is 0 Å². The number of aryl methyl sites for hydroxylation is 1. The van der Waals surface area contributed by atoms with Gasteiger partial charge >= 0.3 is 0 Å². The first-order valence-electron chi connectivity index (χ1n) is 11.2. The van der Waals surface area contributed by atoms with Crippen molar-refractivity contribution in [3.05, 3.63) is 101 Å². The third-order valence-electron chi connectivity index (χ3n) is 5.89. The van der Waals surface area contributed by atoms with Crippen LogP contribution < -0.4 is 15.0 Å². The van der Waals surface area contributed by atoms with Gasteiger partial charge in [-0.3, -0.25) is 19.3 Å². The molecule has 0 saturated carbocycles. The van der Waals surface area contributed by atoms with Crippen molar-refractivity contribution in [1.29, 1.82) is 0 Å². The number of benzene rings is 3. The molecule has 1 heterocycles. The van der Waals surface area contributed by atoms with Crippen molar-refractivity contribution in [2.75, 3.05) is 17.3 Å². The Morgan fingerprint density at radius 1 is 0.971 bits per heavy atom. The first-order chi connectivity index (χ1) is 16.9. The third-order valence-corrected chi connectivity index (χ3v) is 5.89. The maximum absolute atomic E-state index is 13.4. The zero-order chi connectivity index (χ0) is 24.9. The fraction of sp³-hybridized carbons (Fsp3) is 0.179. The van der Waals surface area contributed by atoms with Gasteiger partial charge in [-0.05, 0) is 53.9 Å². The molecule has 3 aromatic carbocycles. The number of nitrogens with zero attached hydrogens (tertiary/aromatic N) is 1. The van der Waals surface area contributed by atoms with Crippen molar-refractivity contribution in [3.63, 3.8) is 0 Å². The van der Waals surface area contributed by atoms with Crippen molar-refractivity contribution in [1.82, 2.24) is 0 Å². The molecule has 3 aromatic rings. The van der Waals surface area contributed by atoms with Gasteiger partial charge in [0.1, 0.15) is 5.75 Å². The molecule has 0 bridgehead atoms. The predicted molar refractivity (Wildman–Crippen MR) is 133 cm³/mol. The molecule has 0 spiro atoms. The predicted octanol–water partition coefficient (Wildman–Crippen LogP) is 4.76. The number of anilines is 2. The van der Waals surface area contributed by atoms with Crippen LogP contribution in [0.1, 0.15) is 30.5 Å². The molecule has 4 rings (SSSR count). The summed E-state index contributed by atoms with van der Waals surface area (Å²) in [6.07, 6.45) is 0.643. The van der Waals surface area contributed by atoms with Gasteiger partial charge in [-0.25, -0.2) is 0 Å². The number of hydrogen-bond acceptors (Lipinski definition) is 5. The smallest absolute Gasteiger partial charge is 0.294 e. The summed E-state index contributed by atoms with van der Waals surface area (Å²) >= 11 is 0. The molecule has 7 heteroatoms. The molecule has 1 aliphatic rings. The van der Waals surface area contributed by atoms with Crippen molar-refractivity contribution in [2.45, 2.75) is 25.8 Å². The number of aliphatic hydroxyl groups excluding tert-OH is 1. The number of ketones is 1. The zero-order valence-corrected chi connectivity index (χ0v) is 19.5. The number of rotatable bonds is 8. The molecule has 2 N–H and O–H groups in total. The molecule has 0 fully saturated rings. The van der Waals surface area contributed by atoms with Crippen molar-refractivity contribution in [2.24, 2.45) is 0 Å². The fourth-order valence-electron chi connectivity index (χ4n) is 4.20. The van der Waals surface area contributed by atoms with E-state index in [9.17, 15) is 19.5 Å². The first-order valence-corrected chi connectivity index (χ1v) is 11.2. The molecule has 2 amide bonds. The van der Waals surface area contributed by atoms with E-state index in [2.05, 4.69) is 5.32 Å². The van der Waals surface area contributed by atoms with Gasteiger partial charge in [-0.2, -0.15) is 0 Å². The molecule has 1 aliphatic heterocycles. The van der Waals surface area contributed by atoms with E-state index in [4.69, 9.17) is 4.74 Å². The fourth-order valence-corrected chi connectivity index (χ4v) is 4.20. The highest BCUT2D eigenvalue weighted by molar-refractivity contribution is 6.16. The Balaban J connectivity index is 1.70. The lowest BCUT2D eigenvalue weighted by Crippen LogP contribution is -2.31. The van der Waals surface area contributed by atoms with E-state index >= 15 is 0 Å². The molecule has 178 valence electrons. The van der Waals surface area contributed by atoms with Crippen LogP contribution in [0.2, 0.25) is 0 Å². The summed E-state index contributed by atoms with van der Waals surface area (Å²) in [7, 11) is 1.56. The normalized spacial score (nSPS) is 15.3. The summed E-state index contributed by atoms with van der Waals surface area (Å²) < 4.78 is 5.25. The van der Waals surface area contributed by atoms with Crippen molar-refractivity contribution < 1.29 is 24.2 Å². The van der Waals surface area contributed by atoms with Gasteiger partial charge in [-0.15, -0.1) is 0 Å². The van der Waals surface area contributed by atoms with E-state index in [1.54, 1.807) is 55.6 Å². The Morgan fingerprint density at radius 3 is 2.23 bits per heavy atom. The van der Waals surface area contributed by atoms with Gasteiger partial charge in [0.05, 0.1) is 18.7 Å². The molecular formula is C28H26N2O5. The number of carbonyl (C=O) groups is 3.